The summed E-state index contributed by atoms with van der Waals surface area (Å²) in [6.07, 6.45) is 28.4. The smallest absolute Gasteiger partial charge is 0.0664 e. The predicted octanol–water partition coefficient (Wildman–Crippen LogP) is 8.17. The van der Waals surface area contributed by atoms with Crippen LogP contribution in [0.1, 0.15) is 149 Å². The molecule has 0 spiro atoms. The van der Waals surface area contributed by atoms with Crippen molar-refractivity contribution in [2.24, 2.45) is 0 Å². The maximum absolute atomic E-state index is 10.1. The van der Waals surface area contributed by atoms with Crippen molar-refractivity contribution in [3.8, 4) is 0 Å². The first kappa shape index (κ1) is 27.9. The molecule has 0 aromatic carbocycles. The second-order valence-electron chi connectivity index (χ2n) is 9.01. The summed E-state index contributed by atoms with van der Waals surface area (Å²) in [5.74, 6) is 0. The average Bonchev–Trinajstić information content (AvgIpc) is 2.70. The first-order valence-electron chi connectivity index (χ1n) is 13.2. The van der Waals surface area contributed by atoms with Crippen LogP contribution in [0.15, 0.2) is 0 Å². The van der Waals surface area contributed by atoms with Crippen LogP contribution in [0, 0.1) is 0 Å². The van der Waals surface area contributed by atoms with Gasteiger partial charge >= 0.3 is 0 Å². The van der Waals surface area contributed by atoms with Gasteiger partial charge in [0.15, 0.2) is 0 Å². The van der Waals surface area contributed by atoms with Crippen LogP contribution in [0.3, 0.4) is 0 Å². The fourth-order valence-corrected chi connectivity index (χ4v) is 3.98. The molecule has 2 heteroatoms. The standard InChI is InChI=1S/C26H55NO/c1-3-5-7-9-11-13-14-15-16-18-20-22-24-27-25-26(28)23-21-19-17-12-10-8-6-4-2/h26-28H,3-25H2,1-2H3. The van der Waals surface area contributed by atoms with E-state index in [1.165, 1.54) is 128 Å². The van der Waals surface area contributed by atoms with E-state index >= 15 is 0 Å². The van der Waals surface area contributed by atoms with Gasteiger partial charge in [0.1, 0.15) is 0 Å². The summed E-state index contributed by atoms with van der Waals surface area (Å²) in [4.78, 5) is 0. The second kappa shape index (κ2) is 25.0. The summed E-state index contributed by atoms with van der Waals surface area (Å²) >= 11 is 0. The second-order valence-corrected chi connectivity index (χ2v) is 9.01. The van der Waals surface area contributed by atoms with E-state index in [-0.39, 0.29) is 6.10 Å². The lowest BCUT2D eigenvalue weighted by Crippen LogP contribution is -2.27. The Balaban J connectivity index is 3.11. The molecule has 0 saturated heterocycles. The Bertz CT molecular complexity index is 269. The number of aliphatic hydroxyl groups is 1. The zero-order valence-corrected chi connectivity index (χ0v) is 19.8. The number of unbranched alkanes of at least 4 members (excludes halogenated alkanes) is 18. The van der Waals surface area contributed by atoms with E-state index in [9.17, 15) is 5.11 Å². The van der Waals surface area contributed by atoms with Gasteiger partial charge in [-0.3, -0.25) is 0 Å². The molecule has 0 heterocycles. The Labute approximate surface area is 178 Å². The molecule has 0 fully saturated rings. The Kier molecular flexibility index (Phi) is 24.9. The molecule has 2 N–H and O–H groups in total. The van der Waals surface area contributed by atoms with Crippen molar-refractivity contribution in [1.29, 1.82) is 0 Å². The quantitative estimate of drug-likeness (QED) is 0.161. The number of hydrogen-bond donors (Lipinski definition) is 2. The van der Waals surface area contributed by atoms with Crippen LogP contribution in [0.25, 0.3) is 0 Å². The highest BCUT2D eigenvalue weighted by molar-refractivity contribution is 4.60. The summed E-state index contributed by atoms with van der Waals surface area (Å²) in [6.45, 7) is 6.42. The summed E-state index contributed by atoms with van der Waals surface area (Å²) < 4.78 is 0. The summed E-state index contributed by atoms with van der Waals surface area (Å²) in [5, 5.41) is 13.5. The third-order valence-electron chi connectivity index (χ3n) is 5.98. The fraction of sp³-hybridized carbons (Fsp3) is 1.00. The zero-order chi connectivity index (χ0) is 20.5. The molecule has 0 amide bonds. The third-order valence-corrected chi connectivity index (χ3v) is 5.98. The Hall–Kier alpha value is -0.0800. The van der Waals surface area contributed by atoms with E-state index in [0.717, 1.165) is 19.5 Å². The van der Waals surface area contributed by atoms with E-state index in [0.29, 0.717) is 0 Å². The molecule has 28 heavy (non-hydrogen) atoms. The Morgan fingerprint density at radius 3 is 1.29 bits per heavy atom. The van der Waals surface area contributed by atoms with Crippen molar-refractivity contribution in [3.63, 3.8) is 0 Å². The molecule has 0 aromatic heterocycles. The lowest BCUT2D eigenvalue weighted by Gasteiger charge is -2.11. The molecule has 2 nitrogen and oxygen atoms in total. The van der Waals surface area contributed by atoms with Crippen LogP contribution in [-0.4, -0.2) is 24.3 Å². The van der Waals surface area contributed by atoms with E-state index in [1.807, 2.05) is 0 Å². The fourth-order valence-electron chi connectivity index (χ4n) is 3.98. The first-order chi connectivity index (χ1) is 13.8. The van der Waals surface area contributed by atoms with Crippen molar-refractivity contribution < 1.29 is 5.11 Å². The molecule has 0 rings (SSSR count). The van der Waals surface area contributed by atoms with Gasteiger partial charge in [0.25, 0.3) is 0 Å². The van der Waals surface area contributed by atoms with Gasteiger partial charge in [-0.05, 0) is 19.4 Å². The highest BCUT2D eigenvalue weighted by Gasteiger charge is 2.03. The van der Waals surface area contributed by atoms with Crippen LogP contribution >= 0.6 is 0 Å². The van der Waals surface area contributed by atoms with E-state index in [2.05, 4.69) is 19.2 Å². The molecule has 0 bridgehead atoms. The Morgan fingerprint density at radius 1 is 0.500 bits per heavy atom. The molecule has 0 radical (unpaired) electrons. The number of nitrogens with one attached hydrogen (secondary N) is 1. The molecule has 0 saturated carbocycles. The number of hydrogen-bond acceptors (Lipinski definition) is 2. The lowest BCUT2D eigenvalue weighted by molar-refractivity contribution is 0.158. The van der Waals surface area contributed by atoms with Gasteiger partial charge in [0.2, 0.25) is 0 Å². The molecular formula is C26H55NO. The van der Waals surface area contributed by atoms with Crippen molar-refractivity contribution in [2.45, 2.75) is 155 Å². The van der Waals surface area contributed by atoms with Crippen molar-refractivity contribution >= 4 is 0 Å². The minimum atomic E-state index is -0.141. The van der Waals surface area contributed by atoms with E-state index < -0.39 is 0 Å². The summed E-state index contributed by atoms with van der Waals surface area (Å²) in [5.41, 5.74) is 0. The van der Waals surface area contributed by atoms with Gasteiger partial charge in [0, 0.05) is 6.54 Å². The highest BCUT2D eigenvalue weighted by atomic mass is 16.3. The van der Waals surface area contributed by atoms with Gasteiger partial charge in [-0.1, -0.05) is 136 Å². The lowest BCUT2D eigenvalue weighted by atomic mass is 10.1. The largest absolute Gasteiger partial charge is 0.392 e. The van der Waals surface area contributed by atoms with Crippen LogP contribution in [0.5, 0.6) is 0 Å². The number of aliphatic hydroxyl groups excluding tert-OH is 1. The van der Waals surface area contributed by atoms with Crippen LogP contribution < -0.4 is 5.32 Å². The van der Waals surface area contributed by atoms with Gasteiger partial charge in [-0.2, -0.15) is 0 Å². The summed E-state index contributed by atoms with van der Waals surface area (Å²) in [7, 11) is 0. The predicted molar refractivity (Wildman–Crippen MR) is 127 cm³/mol. The van der Waals surface area contributed by atoms with Crippen LogP contribution in [0.4, 0.5) is 0 Å². The maximum Gasteiger partial charge on any atom is 0.0664 e. The normalized spacial score (nSPS) is 12.5. The minimum absolute atomic E-state index is 0.141. The third kappa shape index (κ3) is 24.0. The molecule has 0 aliphatic heterocycles. The molecule has 170 valence electrons. The van der Waals surface area contributed by atoms with Gasteiger partial charge in [-0.25, -0.2) is 0 Å². The highest BCUT2D eigenvalue weighted by Crippen LogP contribution is 2.12. The van der Waals surface area contributed by atoms with E-state index in [4.69, 9.17) is 0 Å². The molecule has 0 aliphatic carbocycles. The maximum atomic E-state index is 10.1. The van der Waals surface area contributed by atoms with Gasteiger partial charge < -0.3 is 10.4 Å². The molecule has 0 aliphatic rings. The molecule has 0 aromatic rings. The molecular weight excluding hydrogens is 342 g/mol. The molecule has 1 unspecified atom stereocenters. The van der Waals surface area contributed by atoms with Gasteiger partial charge in [-0.15, -0.1) is 0 Å². The summed E-state index contributed by atoms with van der Waals surface area (Å²) in [6, 6.07) is 0. The van der Waals surface area contributed by atoms with E-state index in [1.54, 1.807) is 0 Å². The molecule has 1 atom stereocenters. The topological polar surface area (TPSA) is 32.3 Å². The van der Waals surface area contributed by atoms with Crippen molar-refractivity contribution in [1.82, 2.24) is 5.32 Å². The Morgan fingerprint density at radius 2 is 0.857 bits per heavy atom. The minimum Gasteiger partial charge on any atom is -0.392 e. The average molecular weight is 398 g/mol. The van der Waals surface area contributed by atoms with Crippen LogP contribution in [0.2, 0.25) is 0 Å². The monoisotopic (exact) mass is 397 g/mol. The first-order valence-corrected chi connectivity index (χ1v) is 13.2. The van der Waals surface area contributed by atoms with Crippen molar-refractivity contribution in [2.75, 3.05) is 13.1 Å². The zero-order valence-electron chi connectivity index (χ0n) is 19.8. The SMILES string of the molecule is CCCCCCCCCCCCCCNCC(O)CCCCCCCCCC. The van der Waals surface area contributed by atoms with Crippen LogP contribution in [-0.2, 0) is 0 Å². The van der Waals surface area contributed by atoms with Crippen molar-refractivity contribution in [3.05, 3.63) is 0 Å². The van der Waals surface area contributed by atoms with Gasteiger partial charge in [0.05, 0.1) is 6.10 Å². The number of rotatable bonds is 24.